The van der Waals surface area contributed by atoms with Crippen LogP contribution in [0.5, 0.6) is 0 Å². The van der Waals surface area contributed by atoms with E-state index in [1.54, 1.807) is 0 Å². The number of hydroxylamine groups is 2. The third-order valence-electron chi connectivity index (χ3n) is 3.68. The largest absolute Gasteiger partial charge is 0.534 e. The normalized spacial score (nSPS) is 31.9. The van der Waals surface area contributed by atoms with E-state index < -0.39 is 18.0 Å². The summed E-state index contributed by atoms with van der Waals surface area (Å²) >= 11 is 0. The Kier molecular flexibility index (Phi) is 3.54. The van der Waals surface area contributed by atoms with Gasteiger partial charge in [-0.2, -0.15) is 0 Å². The van der Waals surface area contributed by atoms with Crippen LogP contribution in [0.3, 0.4) is 0 Å². The molecule has 1 heterocycles. The summed E-state index contributed by atoms with van der Waals surface area (Å²) in [5.41, 5.74) is 0. The van der Waals surface area contributed by atoms with E-state index in [9.17, 15) is 14.4 Å². The van der Waals surface area contributed by atoms with E-state index in [1.807, 2.05) is 0 Å². The summed E-state index contributed by atoms with van der Waals surface area (Å²) < 4.78 is 5.10. The molecule has 2 amide bonds. The van der Waals surface area contributed by atoms with Gasteiger partial charge in [-0.15, -0.1) is 0 Å². The molecule has 0 radical (unpaired) electrons. The highest BCUT2D eigenvalue weighted by molar-refractivity contribution is 6.01. The maximum Gasteiger partial charge on any atom is 0.534 e. The Balaban J connectivity index is 1.82. The number of amides is 2. The second-order valence-corrected chi connectivity index (χ2v) is 5.09. The lowest BCUT2D eigenvalue weighted by molar-refractivity contribution is -0.178. The molecule has 0 aromatic rings. The fourth-order valence-electron chi connectivity index (χ4n) is 2.38. The number of hydrogen-bond donors (Lipinski definition) is 0. The number of nitrogens with zero attached hydrogens (tertiary/aromatic N) is 1. The van der Waals surface area contributed by atoms with Crippen molar-refractivity contribution in [3.63, 3.8) is 0 Å². The molecule has 1 saturated heterocycles. The Hall–Kier alpha value is -1.59. The van der Waals surface area contributed by atoms with E-state index in [1.165, 1.54) is 0 Å². The molecule has 0 spiro atoms. The highest BCUT2D eigenvalue weighted by Crippen LogP contribution is 2.33. The summed E-state index contributed by atoms with van der Waals surface area (Å²) in [5.74, 6) is 0.00548. The summed E-state index contributed by atoms with van der Waals surface area (Å²) in [6, 6.07) is 0. The molecule has 0 bridgehead atoms. The van der Waals surface area contributed by atoms with Crippen molar-refractivity contribution in [3.05, 3.63) is 0 Å². The Labute approximate surface area is 105 Å². The molecule has 6 nitrogen and oxygen atoms in total. The highest BCUT2D eigenvalue weighted by Gasteiger charge is 2.36. The van der Waals surface area contributed by atoms with Gasteiger partial charge in [0, 0.05) is 12.8 Å². The van der Waals surface area contributed by atoms with Crippen molar-refractivity contribution in [1.82, 2.24) is 5.06 Å². The summed E-state index contributed by atoms with van der Waals surface area (Å²) in [4.78, 5) is 38.6. The third kappa shape index (κ3) is 2.63. The Morgan fingerprint density at radius 3 is 2.11 bits per heavy atom. The van der Waals surface area contributed by atoms with Crippen molar-refractivity contribution in [3.8, 4) is 0 Å². The van der Waals surface area contributed by atoms with E-state index >= 15 is 0 Å². The number of hydrogen-bond acceptors (Lipinski definition) is 5. The van der Waals surface area contributed by atoms with E-state index in [4.69, 9.17) is 4.74 Å². The van der Waals surface area contributed by atoms with Crippen LogP contribution >= 0.6 is 0 Å². The van der Waals surface area contributed by atoms with Gasteiger partial charge in [0.05, 0.1) is 0 Å². The monoisotopic (exact) mass is 255 g/mol. The van der Waals surface area contributed by atoms with Crippen molar-refractivity contribution in [1.29, 1.82) is 0 Å². The van der Waals surface area contributed by atoms with Gasteiger partial charge in [0.15, 0.2) is 0 Å². The zero-order chi connectivity index (χ0) is 13.3. The van der Waals surface area contributed by atoms with Crippen LogP contribution in [0.2, 0.25) is 0 Å². The van der Waals surface area contributed by atoms with Gasteiger partial charge >= 0.3 is 6.16 Å². The van der Waals surface area contributed by atoms with Gasteiger partial charge in [0.1, 0.15) is 6.10 Å². The number of carbonyl (C=O) groups excluding carboxylic acids is 3. The van der Waals surface area contributed by atoms with Crippen molar-refractivity contribution in [2.75, 3.05) is 0 Å². The molecular formula is C12H17NO5. The average Bonchev–Trinajstić information content (AvgIpc) is 2.76. The van der Waals surface area contributed by atoms with E-state index in [2.05, 4.69) is 18.7 Å². The number of ether oxygens (including phenoxy) is 1. The standard InChI is InChI=1S/C12H17NO5/c1-7-5-9(6-8(7)2)17-12(16)18-13-10(14)3-4-11(13)15/h7-9H,3-6H2,1-2H3/t7-,8?,9?/m1/s1. The highest BCUT2D eigenvalue weighted by atomic mass is 16.8. The fourth-order valence-corrected chi connectivity index (χ4v) is 2.38. The topological polar surface area (TPSA) is 72.9 Å². The summed E-state index contributed by atoms with van der Waals surface area (Å²) in [6.45, 7) is 4.21. The van der Waals surface area contributed by atoms with Crippen LogP contribution < -0.4 is 0 Å². The van der Waals surface area contributed by atoms with Crippen LogP contribution in [0.15, 0.2) is 0 Å². The van der Waals surface area contributed by atoms with Crippen molar-refractivity contribution in [2.45, 2.75) is 45.6 Å². The van der Waals surface area contributed by atoms with Gasteiger partial charge in [-0.1, -0.05) is 18.9 Å². The predicted molar refractivity (Wildman–Crippen MR) is 60.0 cm³/mol. The molecule has 1 aliphatic heterocycles. The van der Waals surface area contributed by atoms with E-state index in [0.29, 0.717) is 16.9 Å². The summed E-state index contributed by atoms with van der Waals surface area (Å²) in [7, 11) is 0. The second kappa shape index (κ2) is 4.96. The minimum Gasteiger partial charge on any atom is -0.429 e. The SMILES string of the molecule is CC1CC(OC(=O)ON2C(=O)CCC2=O)C[C@H]1C. The van der Waals surface area contributed by atoms with Crippen molar-refractivity contribution < 1.29 is 24.0 Å². The molecule has 1 aliphatic carbocycles. The molecule has 1 saturated carbocycles. The predicted octanol–water partition coefficient (Wildman–Crippen LogP) is 1.64. The minimum absolute atomic E-state index is 0.0869. The Bertz CT molecular complexity index is 355. The molecule has 3 atom stereocenters. The van der Waals surface area contributed by atoms with Gasteiger partial charge in [0.2, 0.25) is 0 Å². The minimum atomic E-state index is -0.968. The number of rotatable bonds is 2. The van der Waals surface area contributed by atoms with E-state index in [-0.39, 0.29) is 18.9 Å². The molecule has 0 N–H and O–H groups in total. The Morgan fingerprint density at radius 2 is 1.61 bits per heavy atom. The van der Waals surface area contributed by atoms with Crippen LogP contribution in [0, 0.1) is 11.8 Å². The molecular weight excluding hydrogens is 238 g/mol. The van der Waals surface area contributed by atoms with Gasteiger partial charge in [0.25, 0.3) is 11.8 Å². The molecule has 18 heavy (non-hydrogen) atoms. The van der Waals surface area contributed by atoms with Crippen molar-refractivity contribution in [2.24, 2.45) is 11.8 Å². The van der Waals surface area contributed by atoms with Gasteiger partial charge in [-0.3, -0.25) is 14.4 Å². The fraction of sp³-hybridized carbons (Fsp3) is 0.750. The average molecular weight is 255 g/mol. The molecule has 100 valence electrons. The van der Waals surface area contributed by atoms with Crippen molar-refractivity contribution >= 4 is 18.0 Å². The van der Waals surface area contributed by atoms with Gasteiger partial charge in [-0.05, 0) is 24.7 Å². The summed E-state index contributed by atoms with van der Waals surface area (Å²) in [5, 5.41) is 0.504. The first-order valence-electron chi connectivity index (χ1n) is 6.21. The lowest BCUT2D eigenvalue weighted by Gasteiger charge is -2.15. The molecule has 0 aromatic heterocycles. The van der Waals surface area contributed by atoms with Crippen LogP contribution in [0.4, 0.5) is 4.79 Å². The first-order valence-corrected chi connectivity index (χ1v) is 6.21. The van der Waals surface area contributed by atoms with Crippen LogP contribution in [-0.4, -0.2) is 29.1 Å². The quantitative estimate of drug-likeness (QED) is 0.554. The van der Waals surface area contributed by atoms with Gasteiger partial charge in [-0.25, -0.2) is 4.79 Å². The summed E-state index contributed by atoms with van der Waals surface area (Å²) in [6.07, 6.45) is 0.601. The number of carbonyl (C=O) groups is 3. The molecule has 2 fully saturated rings. The smallest absolute Gasteiger partial charge is 0.429 e. The second-order valence-electron chi connectivity index (χ2n) is 5.09. The van der Waals surface area contributed by atoms with Crippen LogP contribution in [0.25, 0.3) is 0 Å². The van der Waals surface area contributed by atoms with Gasteiger partial charge < -0.3 is 4.74 Å². The molecule has 2 unspecified atom stereocenters. The zero-order valence-corrected chi connectivity index (χ0v) is 10.5. The maximum atomic E-state index is 11.5. The van der Waals surface area contributed by atoms with E-state index in [0.717, 1.165) is 12.8 Å². The molecule has 2 rings (SSSR count). The molecule has 2 aliphatic rings. The molecule has 6 heteroatoms. The first kappa shape index (κ1) is 12.9. The number of imide groups is 1. The maximum absolute atomic E-state index is 11.5. The Morgan fingerprint density at radius 1 is 1.11 bits per heavy atom. The lowest BCUT2D eigenvalue weighted by Crippen LogP contribution is -2.33. The molecule has 0 aromatic carbocycles. The zero-order valence-electron chi connectivity index (χ0n) is 10.5. The third-order valence-corrected chi connectivity index (χ3v) is 3.68. The van der Waals surface area contributed by atoms with Crippen LogP contribution in [-0.2, 0) is 19.2 Å². The first-order chi connectivity index (χ1) is 8.47. The lowest BCUT2D eigenvalue weighted by atomic mass is 10.0. The van der Waals surface area contributed by atoms with Crippen LogP contribution in [0.1, 0.15) is 39.5 Å².